The van der Waals surface area contributed by atoms with Crippen LogP contribution in [0.1, 0.15) is 30.9 Å². The zero-order chi connectivity index (χ0) is 24.6. The molecule has 2 aliphatic heterocycles. The van der Waals surface area contributed by atoms with Crippen LogP contribution < -0.4 is 10.2 Å². The van der Waals surface area contributed by atoms with Crippen molar-refractivity contribution in [1.82, 2.24) is 24.8 Å². The number of carbonyl (C=O) groups is 1. The molecule has 35 heavy (non-hydrogen) atoms. The van der Waals surface area contributed by atoms with Gasteiger partial charge in [-0.1, -0.05) is 0 Å². The van der Waals surface area contributed by atoms with E-state index in [2.05, 4.69) is 21.4 Å². The minimum absolute atomic E-state index is 0.167. The Labute approximate surface area is 204 Å². The van der Waals surface area contributed by atoms with Crippen molar-refractivity contribution >= 4 is 29.0 Å². The first-order chi connectivity index (χ1) is 17.0. The highest BCUT2D eigenvalue weighted by molar-refractivity contribution is 6.08. The molecule has 0 aromatic carbocycles. The van der Waals surface area contributed by atoms with Crippen molar-refractivity contribution in [1.29, 1.82) is 10.7 Å². The van der Waals surface area contributed by atoms with Crippen molar-refractivity contribution < 1.29 is 4.79 Å². The Balaban J connectivity index is 1.42. The van der Waals surface area contributed by atoms with Crippen LogP contribution in [0.5, 0.6) is 0 Å². The van der Waals surface area contributed by atoms with Crippen molar-refractivity contribution in [3.8, 4) is 17.2 Å². The summed E-state index contributed by atoms with van der Waals surface area (Å²) in [5.74, 6) is 1.10. The van der Waals surface area contributed by atoms with Gasteiger partial charge in [-0.2, -0.15) is 10.4 Å². The van der Waals surface area contributed by atoms with Gasteiger partial charge in [-0.25, -0.2) is 9.50 Å². The van der Waals surface area contributed by atoms with Gasteiger partial charge in [0.25, 0.3) is 0 Å². The molecule has 178 valence electrons. The highest BCUT2D eigenvalue weighted by atomic mass is 16.2. The van der Waals surface area contributed by atoms with Crippen LogP contribution in [0.25, 0.3) is 22.2 Å². The van der Waals surface area contributed by atoms with Crippen molar-refractivity contribution in [3.05, 3.63) is 54.1 Å². The lowest BCUT2D eigenvalue weighted by molar-refractivity contribution is -0.142. The quantitative estimate of drug-likeness (QED) is 0.557. The third-order valence-corrected chi connectivity index (χ3v) is 7.23. The highest BCUT2D eigenvalue weighted by Crippen LogP contribution is 2.41. The Hall–Kier alpha value is -4.19. The first kappa shape index (κ1) is 22.6. The van der Waals surface area contributed by atoms with E-state index in [-0.39, 0.29) is 11.3 Å². The van der Waals surface area contributed by atoms with Gasteiger partial charge in [-0.15, -0.1) is 0 Å². The molecule has 5 rings (SSSR count). The zero-order valence-corrected chi connectivity index (χ0v) is 20.0. The molecule has 9 heteroatoms. The minimum atomic E-state index is 0.167. The number of amides is 1. The molecule has 0 saturated carbocycles. The van der Waals surface area contributed by atoms with Crippen LogP contribution in [0.15, 0.2) is 43.0 Å². The number of hydrogen-bond donors (Lipinski definition) is 2. The first-order valence-electron chi connectivity index (χ1n) is 11.7. The van der Waals surface area contributed by atoms with E-state index in [4.69, 9.17) is 10.4 Å². The molecule has 1 amide bonds. The predicted molar refractivity (Wildman–Crippen MR) is 135 cm³/mol. The smallest absolute Gasteiger partial charge is 0.219 e. The Morgan fingerprint density at radius 1 is 1.26 bits per heavy atom. The van der Waals surface area contributed by atoms with E-state index in [1.165, 1.54) is 6.21 Å². The van der Waals surface area contributed by atoms with Crippen LogP contribution in [-0.2, 0) is 4.79 Å². The topological polar surface area (TPSA) is 113 Å². The van der Waals surface area contributed by atoms with E-state index in [0.717, 1.165) is 67.0 Å². The predicted octanol–water partition coefficient (Wildman–Crippen LogP) is 2.93. The number of anilines is 1. The monoisotopic (exact) mass is 468 g/mol. The second-order valence-electron chi connectivity index (χ2n) is 9.41. The summed E-state index contributed by atoms with van der Waals surface area (Å²) in [7, 11) is 1.79. The molecule has 1 spiro atoms. The molecule has 3 aromatic rings. The summed E-state index contributed by atoms with van der Waals surface area (Å²) < 4.78 is 1.69. The summed E-state index contributed by atoms with van der Waals surface area (Å²) in [4.78, 5) is 20.6. The Morgan fingerprint density at radius 2 is 2.03 bits per heavy atom. The summed E-state index contributed by atoms with van der Waals surface area (Å²) in [6.45, 7) is 5.25. The van der Waals surface area contributed by atoms with Gasteiger partial charge in [0.05, 0.1) is 17.3 Å². The lowest BCUT2D eigenvalue weighted by Gasteiger charge is -2.53. The third kappa shape index (κ3) is 4.01. The minimum Gasteiger partial charge on any atom is -0.393 e. The molecular formula is C26H28N8O. The maximum Gasteiger partial charge on any atom is 0.219 e. The molecule has 3 aromatic heterocycles. The summed E-state index contributed by atoms with van der Waals surface area (Å²) in [6.07, 6.45) is 10.4. The van der Waals surface area contributed by atoms with Crippen molar-refractivity contribution in [2.24, 2.45) is 5.41 Å². The number of allylic oxidation sites excluding steroid dienone is 1. The third-order valence-electron chi connectivity index (χ3n) is 7.23. The molecule has 2 fully saturated rings. The van der Waals surface area contributed by atoms with Gasteiger partial charge in [-0.05, 0) is 31.0 Å². The van der Waals surface area contributed by atoms with E-state index < -0.39 is 0 Å². The van der Waals surface area contributed by atoms with Crippen LogP contribution in [-0.4, -0.2) is 64.8 Å². The second-order valence-corrected chi connectivity index (χ2v) is 9.41. The zero-order valence-electron chi connectivity index (χ0n) is 20.0. The lowest BCUT2D eigenvalue weighted by Crippen LogP contribution is -2.61. The summed E-state index contributed by atoms with van der Waals surface area (Å²) in [5, 5.41) is 24.8. The average Bonchev–Trinajstić information content (AvgIpc) is 3.28. The normalized spacial score (nSPS) is 17.2. The summed E-state index contributed by atoms with van der Waals surface area (Å²) in [5.41, 5.74) is 4.74. The van der Waals surface area contributed by atoms with Crippen molar-refractivity contribution in [2.75, 3.05) is 38.1 Å². The van der Waals surface area contributed by atoms with E-state index in [1.54, 1.807) is 30.9 Å². The molecule has 0 radical (unpaired) electrons. The lowest BCUT2D eigenvalue weighted by atomic mass is 9.72. The van der Waals surface area contributed by atoms with Gasteiger partial charge >= 0.3 is 0 Å². The standard InChI is InChI=1S/C26H28N8O/c1-18(35)33-16-26(17-33)5-7-32(8-6-26)24-4-3-19(13-30-24)23-9-20(21(10-27)12-29-2)15-34-25(23)22(11-28)14-31-34/h3-4,9-10,12-15,27,29H,5-8,16-17H2,1-2H3/b21-12+,27-10?. The maximum absolute atomic E-state index is 11.6. The number of nitriles is 1. The maximum atomic E-state index is 11.6. The van der Waals surface area contributed by atoms with Crippen LogP contribution in [0.3, 0.4) is 0 Å². The van der Waals surface area contributed by atoms with Crippen LogP contribution in [0, 0.1) is 22.2 Å². The summed E-state index contributed by atoms with van der Waals surface area (Å²) in [6, 6.07) is 8.27. The van der Waals surface area contributed by atoms with E-state index >= 15 is 0 Å². The molecule has 2 saturated heterocycles. The molecule has 0 aliphatic carbocycles. The average molecular weight is 469 g/mol. The summed E-state index contributed by atoms with van der Waals surface area (Å²) >= 11 is 0. The second kappa shape index (κ2) is 8.87. The van der Waals surface area contributed by atoms with E-state index in [9.17, 15) is 10.1 Å². The van der Waals surface area contributed by atoms with Crippen molar-refractivity contribution in [3.63, 3.8) is 0 Å². The Kier molecular flexibility index (Phi) is 5.73. The number of nitrogens with one attached hydrogen (secondary N) is 2. The number of aromatic nitrogens is 3. The number of nitrogens with zero attached hydrogens (tertiary/aromatic N) is 6. The highest BCUT2D eigenvalue weighted by Gasteiger charge is 2.45. The number of rotatable bonds is 5. The van der Waals surface area contributed by atoms with Crippen LogP contribution in [0.4, 0.5) is 5.82 Å². The molecule has 2 N–H and O–H groups in total. The fourth-order valence-corrected chi connectivity index (χ4v) is 5.19. The number of fused-ring (bicyclic) bond motifs is 1. The molecule has 5 heterocycles. The first-order valence-corrected chi connectivity index (χ1v) is 11.7. The largest absolute Gasteiger partial charge is 0.393 e. The molecule has 0 unspecified atom stereocenters. The Morgan fingerprint density at radius 3 is 2.63 bits per heavy atom. The Bertz CT molecular complexity index is 1350. The number of piperidine rings is 1. The number of carbonyl (C=O) groups excluding carboxylic acids is 1. The molecule has 0 bridgehead atoms. The van der Waals surface area contributed by atoms with Gasteiger partial charge in [0.2, 0.25) is 5.91 Å². The van der Waals surface area contributed by atoms with Gasteiger partial charge in [0.1, 0.15) is 11.9 Å². The number of hydrogen-bond acceptors (Lipinski definition) is 7. The van der Waals surface area contributed by atoms with Crippen LogP contribution >= 0.6 is 0 Å². The van der Waals surface area contributed by atoms with Crippen molar-refractivity contribution in [2.45, 2.75) is 19.8 Å². The number of likely N-dealkylation sites (tertiary alicyclic amines) is 1. The van der Waals surface area contributed by atoms with Crippen LogP contribution in [0.2, 0.25) is 0 Å². The van der Waals surface area contributed by atoms with Gasteiger partial charge in [-0.3, -0.25) is 4.79 Å². The SMILES string of the molecule is CN/C=C(\C=N)c1cc(-c2ccc(N3CCC4(CC3)CN(C(C)=O)C4)nc2)c2c(C#N)cnn2c1. The van der Waals surface area contributed by atoms with E-state index in [1.807, 2.05) is 35.5 Å². The molecule has 9 nitrogen and oxygen atoms in total. The molecular weight excluding hydrogens is 440 g/mol. The van der Waals surface area contributed by atoms with Gasteiger partial charge in [0, 0.05) is 92.6 Å². The number of pyridine rings is 2. The van der Waals surface area contributed by atoms with Gasteiger partial charge < -0.3 is 20.5 Å². The van der Waals surface area contributed by atoms with E-state index in [0.29, 0.717) is 11.1 Å². The fraction of sp³-hybridized carbons (Fsp3) is 0.346. The molecule has 0 atom stereocenters. The molecule has 2 aliphatic rings. The van der Waals surface area contributed by atoms with Gasteiger partial charge in [0.15, 0.2) is 0 Å². The fourth-order valence-electron chi connectivity index (χ4n) is 5.19.